The number of H-pyrrole nitrogens is 1. The van der Waals surface area contributed by atoms with Crippen molar-refractivity contribution < 1.29 is 4.79 Å². The van der Waals surface area contributed by atoms with Crippen LogP contribution in [0.4, 0.5) is 0 Å². The van der Waals surface area contributed by atoms with Crippen molar-refractivity contribution in [1.29, 1.82) is 0 Å². The van der Waals surface area contributed by atoms with Gasteiger partial charge in [-0.3, -0.25) is 4.57 Å². The Morgan fingerprint density at radius 1 is 1.64 bits per heavy atom. The predicted molar refractivity (Wildman–Crippen MR) is 54.5 cm³/mol. The first-order chi connectivity index (χ1) is 6.79. The summed E-state index contributed by atoms with van der Waals surface area (Å²) in [6.45, 7) is 2.66. The SMILES string of the molecule is CCCn1c(SCCC=O)n[nH]c1=O. The third-order valence-corrected chi connectivity index (χ3v) is 2.65. The fraction of sp³-hybridized carbons (Fsp3) is 0.625. The minimum Gasteiger partial charge on any atom is -0.303 e. The fourth-order valence-electron chi connectivity index (χ4n) is 1.03. The minimum absolute atomic E-state index is 0.180. The Morgan fingerprint density at radius 2 is 2.43 bits per heavy atom. The summed E-state index contributed by atoms with van der Waals surface area (Å²) in [6.07, 6.45) is 2.24. The Labute approximate surface area is 85.9 Å². The summed E-state index contributed by atoms with van der Waals surface area (Å²) in [5.74, 6) is 0.664. The minimum atomic E-state index is -0.180. The van der Waals surface area contributed by atoms with E-state index in [9.17, 15) is 9.59 Å². The summed E-state index contributed by atoms with van der Waals surface area (Å²) in [5.41, 5.74) is -0.180. The van der Waals surface area contributed by atoms with Crippen molar-refractivity contribution in [1.82, 2.24) is 14.8 Å². The third kappa shape index (κ3) is 2.73. The number of aromatic nitrogens is 3. The second-order valence-electron chi connectivity index (χ2n) is 2.77. The Morgan fingerprint density at radius 3 is 3.07 bits per heavy atom. The summed E-state index contributed by atoms with van der Waals surface area (Å²) >= 11 is 1.42. The highest BCUT2D eigenvalue weighted by Crippen LogP contribution is 2.13. The number of hydrogen-bond donors (Lipinski definition) is 1. The van der Waals surface area contributed by atoms with Crippen molar-refractivity contribution in [2.75, 3.05) is 5.75 Å². The van der Waals surface area contributed by atoms with Crippen LogP contribution in [0.15, 0.2) is 9.95 Å². The van der Waals surface area contributed by atoms with Crippen LogP contribution in [0.3, 0.4) is 0 Å². The highest BCUT2D eigenvalue weighted by atomic mass is 32.2. The molecular weight excluding hydrogens is 202 g/mol. The lowest BCUT2D eigenvalue weighted by atomic mass is 10.5. The lowest BCUT2D eigenvalue weighted by molar-refractivity contribution is -0.107. The highest BCUT2D eigenvalue weighted by Gasteiger charge is 2.06. The average Bonchev–Trinajstić information content (AvgIpc) is 2.51. The van der Waals surface area contributed by atoms with Gasteiger partial charge in [-0.1, -0.05) is 18.7 Å². The molecule has 0 fully saturated rings. The molecular formula is C8H13N3O2S. The maximum absolute atomic E-state index is 11.2. The number of rotatable bonds is 6. The highest BCUT2D eigenvalue weighted by molar-refractivity contribution is 7.99. The van der Waals surface area contributed by atoms with E-state index in [1.807, 2.05) is 6.92 Å². The largest absolute Gasteiger partial charge is 0.343 e. The van der Waals surface area contributed by atoms with Crippen LogP contribution < -0.4 is 5.69 Å². The second-order valence-corrected chi connectivity index (χ2v) is 3.83. The molecule has 0 aromatic carbocycles. The van der Waals surface area contributed by atoms with Crippen LogP contribution in [0.2, 0.25) is 0 Å². The lowest BCUT2D eigenvalue weighted by Gasteiger charge is -2.01. The van der Waals surface area contributed by atoms with Gasteiger partial charge < -0.3 is 4.79 Å². The molecule has 6 heteroatoms. The normalized spacial score (nSPS) is 10.4. The van der Waals surface area contributed by atoms with Gasteiger partial charge in [0.2, 0.25) is 0 Å². The number of nitrogens with zero attached hydrogens (tertiary/aromatic N) is 2. The number of nitrogens with one attached hydrogen (secondary N) is 1. The number of carbonyl (C=O) groups is 1. The predicted octanol–water partition coefficient (Wildman–Crippen LogP) is 0.662. The summed E-state index contributed by atoms with van der Waals surface area (Å²) < 4.78 is 1.59. The number of aromatic amines is 1. The van der Waals surface area contributed by atoms with E-state index < -0.39 is 0 Å². The number of thioether (sulfide) groups is 1. The Bertz CT molecular complexity index is 345. The van der Waals surface area contributed by atoms with Crippen LogP contribution in [0.1, 0.15) is 19.8 Å². The molecule has 0 unspecified atom stereocenters. The maximum Gasteiger partial charge on any atom is 0.343 e. The molecule has 0 aliphatic heterocycles. The standard InChI is InChI=1S/C8H13N3O2S/c1-2-4-11-7(13)9-10-8(11)14-6-3-5-12/h5H,2-4,6H2,1H3,(H,9,13). The molecule has 1 rings (SSSR count). The van der Waals surface area contributed by atoms with E-state index in [1.165, 1.54) is 11.8 Å². The molecule has 0 aliphatic carbocycles. The smallest absolute Gasteiger partial charge is 0.303 e. The molecule has 0 spiro atoms. The second kappa shape index (κ2) is 5.64. The number of carbonyl (C=O) groups excluding carboxylic acids is 1. The van der Waals surface area contributed by atoms with Crippen molar-refractivity contribution in [3.8, 4) is 0 Å². The molecule has 1 aromatic rings. The van der Waals surface area contributed by atoms with Gasteiger partial charge in [0.05, 0.1) is 0 Å². The molecule has 0 bridgehead atoms. The van der Waals surface area contributed by atoms with Crippen LogP contribution in [0.25, 0.3) is 0 Å². The van der Waals surface area contributed by atoms with E-state index >= 15 is 0 Å². The van der Waals surface area contributed by atoms with Gasteiger partial charge in [-0.05, 0) is 6.42 Å². The molecule has 0 amide bonds. The monoisotopic (exact) mass is 215 g/mol. The van der Waals surface area contributed by atoms with E-state index in [1.54, 1.807) is 4.57 Å². The van der Waals surface area contributed by atoms with Crippen LogP contribution in [0.5, 0.6) is 0 Å². The average molecular weight is 215 g/mol. The summed E-state index contributed by atoms with van der Waals surface area (Å²) in [4.78, 5) is 21.3. The molecule has 0 aliphatic rings. The van der Waals surface area contributed by atoms with Crippen LogP contribution >= 0.6 is 11.8 Å². The molecule has 0 saturated carbocycles. The molecule has 14 heavy (non-hydrogen) atoms. The number of hydrogen-bond acceptors (Lipinski definition) is 4. The van der Waals surface area contributed by atoms with Gasteiger partial charge in [-0.25, -0.2) is 9.89 Å². The molecule has 78 valence electrons. The third-order valence-electron chi connectivity index (χ3n) is 1.64. The quantitative estimate of drug-likeness (QED) is 0.430. The van der Waals surface area contributed by atoms with Crippen molar-refractivity contribution in [3.63, 3.8) is 0 Å². The zero-order valence-electron chi connectivity index (χ0n) is 8.02. The maximum atomic E-state index is 11.2. The van der Waals surface area contributed by atoms with Crippen LogP contribution in [-0.2, 0) is 11.3 Å². The fourth-order valence-corrected chi connectivity index (χ4v) is 1.87. The molecule has 0 radical (unpaired) electrons. The van der Waals surface area contributed by atoms with Gasteiger partial charge in [0.15, 0.2) is 5.16 Å². The first kappa shape index (κ1) is 11.0. The van der Waals surface area contributed by atoms with Gasteiger partial charge in [0, 0.05) is 18.7 Å². The van der Waals surface area contributed by atoms with E-state index in [4.69, 9.17) is 0 Å². The summed E-state index contributed by atoms with van der Waals surface area (Å²) in [7, 11) is 0. The topological polar surface area (TPSA) is 67.8 Å². The molecule has 5 nitrogen and oxygen atoms in total. The van der Waals surface area contributed by atoms with Crippen LogP contribution in [0, 0.1) is 0 Å². The zero-order valence-corrected chi connectivity index (χ0v) is 8.84. The molecule has 1 heterocycles. The Balaban J connectivity index is 2.65. The first-order valence-corrected chi connectivity index (χ1v) is 5.49. The molecule has 0 saturated heterocycles. The molecule has 1 N–H and O–H groups in total. The van der Waals surface area contributed by atoms with E-state index in [0.29, 0.717) is 23.9 Å². The van der Waals surface area contributed by atoms with Gasteiger partial charge >= 0.3 is 5.69 Å². The zero-order chi connectivity index (χ0) is 10.4. The van der Waals surface area contributed by atoms with Crippen molar-refractivity contribution >= 4 is 18.0 Å². The van der Waals surface area contributed by atoms with E-state index in [2.05, 4.69) is 10.2 Å². The Kier molecular flexibility index (Phi) is 4.45. The molecule has 0 atom stereocenters. The van der Waals surface area contributed by atoms with Crippen molar-refractivity contribution in [3.05, 3.63) is 10.5 Å². The van der Waals surface area contributed by atoms with Gasteiger partial charge in [-0.15, -0.1) is 5.10 Å². The van der Waals surface area contributed by atoms with Crippen molar-refractivity contribution in [2.45, 2.75) is 31.5 Å². The van der Waals surface area contributed by atoms with Gasteiger partial charge in [0.1, 0.15) is 6.29 Å². The Hall–Kier alpha value is -1.04. The van der Waals surface area contributed by atoms with Gasteiger partial charge in [0.25, 0.3) is 0 Å². The van der Waals surface area contributed by atoms with Crippen molar-refractivity contribution in [2.24, 2.45) is 0 Å². The van der Waals surface area contributed by atoms with Gasteiger partial charge in [-0.2, -0.15) is 0 Å². The molecule has 1 aromatic heterocycles. The van der Waals surface area contributed by atoms with E-state index in [0.717, 1.165) is 12.7 Å². The van der Waals surface area contributed by atoms with E-state index in [-0.39, 0.29) is 5.69 Å². The lowest BCUT2D eigenvalue weighted by Crippen LogP contribution is -2.17. The summed E-state index contributed by atoms with van der Waals surface area (Å²) in [6, 6.07) is 0. The first-order valence-electron chi connectivity index (χ1n) is 4.51. The summed E-state index contributed by atoms with van der Waals surface area (Å²) in [5, 5.41) is 6.94. The van der Waals surface area contributed by atoms with Crippen LogP contribution in [-0.4, -0.2) is 26.8 Å². The number of aldehydes is 1.